The first kappa shape index (κ1) is 14.0. The highest BCUT2D eigenvalue weighted by Gasteiger charge is 2.19. The molecule has 104 valence electrons. The zero-order chi connectivity index (χ0) is 14.8. The minimum absolute atomic E-state index is 0.0673. The number of benzene rings is 1. The summed E-state index contributed by atoms with van der Waals surface area (Å²) < 4.78 is 26.6. The van der Waals surface area contributed by atoms with E-state index in [1.54, 1.807) is 19.1 Å². The molecule has 0 atom stereocenters. The highest BCUT2D eigenvalue weighted by atomic mass is 32.2. The van der Waals surface area contributed by atoms with Crippen LogP contribution in [0.3, 0.4) is 0 Å². The van der Waals surface area contributed by atoms with Crippen LogP contribution in [0.4, 0.5) is 5.69 Å². The molecule has 0 radical (unpaired) electrons. The summed E-state index contributed by atoms with van der Waals surface area (Å²) in [7, 11) is -3.85. The highest BCUT2D eigenvalue weighted by Crippen LogP contribution is 2.19. The molecular weight excluding hydrogens is 280 g/mol. The molecule has 1 heterocycles. The maximum Gasteiger partial charge on any atom is 0.356 e. The number of carbonyl (C=O) groups is 1. The van der Waals surface area contributed by atoms with Gasteiger partial charge in [-0.15, -0.1) is 0 Å². The molecule has 1 aromatic heterocycles. The number of hydrogen-bond donors (Lipinski definition) is 2. The van der Waals surface area contributed by atoms with E-state index in [2.05, 4.69) is 9.71 Å². The van der Waals surface area contributed by atoms with Crippen molar-refractivity contribution in [1.82, 2.24) is 4.98 Å². The number of pyridine rings is 1. The number of nitrogens with zero attached hydrogens (tertiary/aromatic N) is 1. The van der Waals surface area contributed by atoms with Crippen molar-refractivity contribution in [2.75, 3.05) is 4.72 Å². The molecule has 0 unspecified atom stereocenters. The Labute approximate surface area is 116 Å². The zero-order valence-corrected chi connectivity index (χ0v) is 11.4. The molecule has 0 aliphatic carbocycles. The summed E-state index contributed by atoms with van der Waals surface area (Å²) >= 11 is 0. The standard InChI is InChI=1S/C13H12N2O4S/c1-9-4-2-5-10(8-9)20(18,19)15-11-6-3-7-14-12(11)13(16)17/h2-8,15H,1H3,(H,16,17). The molecule has 7 heteroatoms. The van der Waals surface area contributed by atoms with Gasteiger partial charge in [-0.1, -0.05) is 12.1 Å². The third-order valence-corrected chi connectivity index (χ3v) is 3.92. The van der Waals surface area contributed by atoms with Crippen LogP contribution in [0.15, 0.2) is 47.5 Å². The third-order valence-electron chi connectivity index (χ3n) is 2.55. The van der Waals surface area contributed by atoms with E-state index in [0.717, 1.165) is 5.56 Å². The van der Waals surface area contributed by atoms with Gasteiger partial charge in [0.15, 0.2) is 5.69 Å². The van der Waals surface area contributed by atoms with E-state index in [4.69, 9.17) is 5.11 Å². The summed E-state index contributed by atoms with van der Waals surface area (Å²) in [5.74, 6) is -1.30. The summed E-state index contributed by atoms with van der Waals surface area (Å²) in [6, 6.07) is 9.13. The number of aromatic carboxylic acids is 1. The molecule has 0 aliphatic heterocycles. The quantitative estimate of drug-likeness (QED) is 0.897. The summed E-state index contributed by atoms with van der Waals surface area (Å²) in [5, 5.41) is 8.98. The molecule has 2 aromatic rings. The van der Waals surface area contributed by atoms with Crippen molar-refractivity contribution in [3.63, 3.8) is 0 Å². The van der Waals surface area contributed by atoms with Gasteiger partial charge in [0.05, 0.1) is 10.6 Å². The summed E-state index contributed by atoms with van der Waals surface area (Å²) in [6.07, 6.45) is 1.29. The molecule has 2 rings (SSSR count). The van der Waals surface area contributed by atoms with E-state index in [1.165, 1.54) is 30.5 Å². The fourth-order valence-corrected chi connectivity index (χ4v) is 2.82. The van der Waals surface area contributed by atoms with Gasteiger partial charge in [0.25, 0.3) is 10.0 Å². The monoisotopic (exact) mass is 292 g/mol. The van der Waals surface area contributed by atoms with E-state index in [-0.39, 0.29) is 16.3 Å². The van der Waals surface area contributed by atoms with Gasteiger partial charge >= 0.3 is 5.97 Å². The van der Waals surface area contributed by atoms with Gasteiger partial charge in [-0.05, 0) is 36.8 Å². The third kappa shape index (κ3) is 2.94. The first-order valence-corrected chi connectivity index (χ1v) is 7.16. The van der Waals surface area contributed by atoms with Gasteiger partial charge in [0.2, 0.25) is 0 Å². The lowest BCUT2D eigenvalue weighted by molar-refractivity contribution is 0.0692. The van der Waals surface area contributed by atoms with Gasteiger partial charge in [0.1, 0.15) is 0 Å². The molecule has 0 saturated carbocycles. The van der Waals surface area contributed by atoms with Gasteiger partial charge in [-0.2, -0.15) is 0 Å². The Balaban J connectivity index is 2.41. The van der Waals surface area contributed by atoms with Crippen LogP contribution in [0.1, 0.15) is 16.1 Å². The molecule has 1 aromatic carbocycles. The number of hydrogen-bond acceptors (Lipinski definition) is 4. The average molecular weight is 292 g/mol. The van der Waals surface area contributed by atoms with Gasteiger partial charge in [0, 0.05) is 6.20 Å². The van der Waals surface area contributed by atoms with Crippen molar-refractivity contribution in [3.05, 3.63) is 53.9 Å². The fraction of sp³-hybridized carbons (Fsp3) is 0.0769. The van der Waals surface area contributed by atoms with Crippen molar-refractivity contribution in [3.8, 4) is 0 Å². The first-order valence-electron chi connectivity index (χ1n) is 5.68. The number of aromatic nitrogens is 1. The second-order valence-corrected chi connectivity index (χ2v) is 5.81. The Morgan fingerprint density at radius 1 is 1.25 bits per heavy atom. The number of sulfonamides is 1. The summed E-state index contributed by atoms with van der Waals surface area (Å²) in [4.78, 5) is 14.7. The molecule has 20 heavy (non-hydrogen) atoms. The summed E-state index contributed by atoms with van der Waals surface area (Å²) in [6.45, 7) is 1.77. The normalized spacial score (nSPS) is 11.1. The van der Waals surface area contributed by atoms with Crippen molar-refractivity contribution in [1.29, 1.82) is 0 Å². The van der Waals surface area contributed by atoms with Crippen LogP contribution in [-0.2, 0) is 10.0 Å². The number of nitrogens with one attached hydrogen (secondary N) is 1. The Bertz CT molecular complexity index is 756. The number of carboxylic acid groups (broad SMARTS) is 1. The second kappa shape index (κ2) is 5.30. The van der Waals surface area contributed by atoms with Gasteiger partial charge in [-0.25, -0.2) is 18.2 Å². The Hall–Kier alpha value is -2.41. The number of aryl methyl sites for hydroxylation is 1. The van der Waals surface area contributed by atoms with Gasteiger partial charge in [-0.3, -0.25) is 4.72 Å². The van der Waals surface area contributed by atoms with E-state index in [1.807, 2.05) is 0 Å². The van der Waals surface area contributed by atoms with Crippen molar-refractivity contribution in [2.24, 2.45) is 0 Å². The highest BCUT2D eigenvalue weighted by molar-refractivity contribution is 7.92. The van der Waals surface area contributed by atoms with E-state index >= 15 is 0 Å². The molecule has 0 fully saturated rings. The maximum absolute atomic E-state index is 12.2. The molecule has 0 bridgehead atoms. The minimum Gasteiger partial charge on any atom is -0.476 e. The minimum atomic E-state index is -3.85. The molecule has 6 nitrogen and oxygen atoms in total. The Morgan fingerprint density at radius 2 is 2.00 bits per heavy atom. The van der Waals surface area contributed by atoms with Gasteiger partial charge < -0.3 is 5.11 Å². The second-order valence-electron chi connectivity index (χ2n) is 4.13. The Morgan fingerprint density at radius 3 is 2.65 bits per heavy atom. The number of anilines is 1. The van der Waals surface area contributed by atoms with E-state index in [9.17, 15) is 13.2 Å². The maximum atomic E-state index is 12.2. The van der Waals surface area contributed by atoms with Crippen LogP contribution in [0.25, 0.3) is 0 Å². The van der Waals surface area contributed by atoms with Crippen molar-refractivity contribution >= 4 is 21.7 Å². The fourth-order valence-electron chi connectivity index (χ4n) is 1.64. The lowest BCUT2D eigenvalue weighted by Gasteiger charge is -2.10. The van der Waals surface area contributed by atoms with Crippen LogP contribution in [0.2, 0.25) is 0 Å². The molecule has 2 N–H and O–H groups in total. The predicted octanol–water partition coefficient (Wildman–Crippen LogP) is 1.89. The average Bonchev–Trinajstić information content (AvgIpc) is 2.38. The topological polar surface area (TPSA) is 96.4 Å². The van der Waals surface area contributed by atoms with Crippen LogP contribution in [-0.4, -0.2) is 24.5 Å². The number of rotatable bonds is 4. The molecule has 0 spiro atoms. The lowest BCUT2D eigenvalue weighted by Crippen LogP contribution is -2.16. The zero-order valence-electron chi connectivity index (χ0n) is 10.6. The smallest absolute Gasteiger partial charge is 0.356 e. The first-order chi connectivity index (χ1) is 9.40. The van der Waals surface area contributed by atoms with E-state index < -0.39 is 16.0 Å². The lowest BCUT2D eigenvalue weighted by atomic mass is 10.2. The van der Waals surface area contributed by atoms with Crippen LogP contribution in [0, 0.1) is 6.92 Å². The Kier molecular flexibility index (Phi) is 3.71. The SMILES string of the molecule is Cc1cccc(S(=O)(=O)Nc2cccnc2C(=O)O)c1. The van der Waals surface area contributed by atoms with E-state index in [0.29, 0.717) is 0 Å². The van der Waals surface area contributed by atoms with Crippen LogP contribution < -0.4 is 4.72 Å². The van der Waals surface area contributed by atoms with Crippen molar-refractivity contribution in [2.45, 2.75) is 11.8 Å². The van der Waals surface area contributed by atoms with Crippen LogP contribution >= 0.6 is 0 Å². The van der Waals surface area contributed by atoms with Crippen molar-refractivity contribution < 1.29 is 18.3 Å². The predicted molar refractivity (Wildman–Crippen MR) is 73.2 cm³/mol. The largest absolute Gasteiger partial charge is 0.476 e. The summed E-state index contributed by atoms with van der Waals surface area (Å²) in [5.41, 5.74) is 0.378. The number of carboxylic acids is 1. The molecule has 0 saturated heterocycles. The van der Waals surface area contributed by atoms with Crippen LogP contribution in [0.5, 0.6) is 0 Å². The molecule has 0 aliphatic rings. The molecule has 0 amide bonds. The molecular formula is C13H12N2O4S.